The third-order valence-electron chi connectivity index (χ3n) is 5.26. The Balaban J connectivity index is 1.52. The molecular formula is C23H20FN3O3S. The molecule has 2 aromatic carbocycles. The molecule has 2 N–H and O–H groups in total. The Bertz CT molecular complexity index is 1100. The lowest BCUT2D eigenvalue weighted by molar-refractivity contribution is -0.135. The summed E-state index contributed by atoms with van der Waals surface area (Å²) in [4.78, 5) is 40.1. The summed E-state index contributed by atoms with van der Waals surface area (Å²) in [6, 6.07) is 17.3. The predicted molar refractivity (Wildman–Crippen MR) is 115 cm³/mol. The summed E-state index contributed by atoms with van der Waals surface area (Å²) in [5, 5.41) is 7.43. The second kappa shape index (κ2) is 8.31. The summed E-state index contributed by atoms with van der Waals surface area (Å²) in [5.74, 6) is -1.36. The first kappa shape index (κ1) is 20.7. The average molecular weight is 437 g/mol. The zero-order chi connectivity index (χ0) is 22.0. The molecule has 0 aliphatic carbocycles. The first-order valence-electron chi connectivity index (χ1n) is 9.66. The van der Waals surface area contributed by atoms with Crippen LogP contribution in [0, 0.1) is 5.82 Å². The van der Waals surface area contributed by atoms with E-state index in [2.05, 4.69) is 10.6 Å². The minimum Gasteiger partial charge on any atom is -0.343 e. The number of imide groups is 1. The lowest BCUT2D eigenvalue weighted by Crippen LogP contribution is -2.44. The van der Waals surface area contributed by atoms with Crippen LogP contribution in [0.15, 0.2) is 72.1 Å². The highest BCUT2D eigenvalue weighted by molar-refractivity contribution is 7.10. The molecular weight excluding hydrogens is 417 g/mol. The number of halogens is 1. The second-order valence-corrected chi connectivity index (χ2v) is 8.36. The van der Waals surface area contributed by atoms with Crippen LogP contribution in [0.4, 0.5) is 9.18 Å². The number of amides is 4. The van der Waals surface area contributed by atoms with Crippen molar-refractivity contribution in [3.63, 3.8) is 0 Å². The van der Waals surface area contributed by atoms with Crippen molar-refractivity contribution >= 4 is 29.2 Å². The summed E-state index contributed by atoms with van der Waals surface area (Å²) in [5.41, 5.74) is 0.102. The van der Waals surface area contributed by atoms with Crippen LogP contribution in [-0.4, -0.2) is 29.3 Å². The topological polar surface area (TPSA) is 78.5 Å². The molecule has 2 unspecified atom stereocenters. The first-order chi connectivity index (χ1) is 14.9. The Morgan fingerprint density at radius 3 is 2.45 bits per heavy atom. The smallest absolute Gasteiger partial charge is 0.325 e. The first-order valence-corrected chi connectivity index (χ1v) is 10.5. The minimum absolute atomic E-state index is 0.375. The molecule has 0 spiro atoms. The Kier molecular flexibility index (Phi) is 5.56. The van der Waals surface area contributed by atoms with E-state index < -0.39 is 36.0 Å². The molecule has 1 saturated heterocycles. The van der Waals surface area contributed by atoms with E-state index in [1.807, 2.05) is 23.6 Å². The zero-order valence-corrected chi connectivity index (χ0v) is 17.5. The lowest BCUT2D eigenvalue weighted by atomic mass is 9.92. The van der Waals surface area contributed by atoms with Crippen LogP contribution in [0.1, 0.15) is 29.0 Å². The van der Waals surface area contributed by atoms with Crippen molar-refractivity contribution in [1.29, 1.82) is 0 Å². The van der Waals surface area contributed by atoms with Crippen LogP contribution in [0.3, 0.4) is 0 Å². The Morgan fingerprint density at radius 2 is 1.81 bits per heavy atom. The molecule has 2 atom stereocenters. The van der Waals surface area contributed by atoms with Gasteiger partial charge in [-0.15, -0.1) is 11.3 Å². The van der Waals surface area contributed by atoms with E-state index in [9.17, 15) is 18.8 Å². The van der Waals surface area contributed by atoms with Crippen molar-refractivity contribution in [1.82, 2.24) is 15.5 Å². The monoisotopic (exact) mass is 437 g/mol. The van der Waals surface area contributed by atoms with Gasteiger partial charge in [0, 0.05) is 4.88 Å². The third-order valence-corrected chi connectivity index (χ3v) is 6.20. The molecule has 31 heavy (non-hydrogen) atoms. The predicted octanol–water partition coefficient (Wildman–Crippen LogP) is 3.56. The summed E-state index contributed by atoms with van der Waals surface area (Å²) >= 11 is 1.44. The van der Waals surface area contributed by atoms with E-state index in [1.165, 1.54) is 23.5 Å². The standard InChI is InChI=1S/C23H20FN3O3S/c1-23(16-6-3-2-4-7-16)21(29)27(22(30)26-23)14-19(28)25-20(18-8-5-13-31-18)15-9-11-17(24)12-10-15/h2-13,20H,14H2,1H3,(H,25,28)(H,26,30). The van der Waals surface area contributed by atoms with Crippen LogP contribution in [-0.2, 0) is 15.1 Å². The molecule has 4 amide bonds. The van der Waals surface area contributed by atoms with Gasteiger partial charge in [-0.3, -0.25) is 14.5 Å². The number of thiophene rings is 1. The maximum atomic E-state index is 13.4. The summed E-state index contributed by atoms with van der Waals surface area (Å²) in [6.07, 6.45) is 0. The number of nitrogens with one attached hydrogen (secondary N) is 2. The van der Waals surface area contributed by atoms with Crippen LogP contribution in [0.5, 0.6) is 0 Å². The normalized spacial score (nSPS) is 19.2. The van der Waals surface area contributed by atoms with Gasteiger partial charge in [-0.05, 0) is 41.6 Å². The fourth-order valence-electron chi connectivity index (χ4n) is 3.59. The number of rotatable bonds is 6. The van der Waals surface area contributed by atoms with E-state index >= 15 is 0 Å². The molecule has 0 bridgehead atoms. The number of nitrogens with zero attached hydrogens (tertiary/aromatic N) is 1. The van der Waals surface area contributed by atoms with E-state index in [0.717, 1.165) is 9.78 Å². The Labute approximate surface area is 182 Å². The molecule has 8 heteroatoms. The summed E-state index contributed by atoms with van der Waals surface area (Å²) in [6.45, 7) is 1.20. The van der Waals surface area contributed by atoms with E-state index in [4.69, 9.17) is 0 Å². The van der Waals surface area contributed by atoms with Gasteiger partial charge in [-0.25, -0.2) is 9.18 Å². The highest BCUT2D eigenvalue weighted by atomic mass is 32.1. The third kappa shape index (κ3) is 4.06. The molecule has 1 fully saturated rings. The fraction of sp³-hybridized carbons (Fsp3) is 0.174. The van der Waals surface area contributed by atoms with Gasteiger partial charge in [0.1, 0.15) is 17.9 Å². The molecule has 1 aliphatic heterocycles. The summed E-state index contributed by atoms with van der Waals surface area (Å²) in [7, 11) is 0. The van der Waals surface area contributed by atoms with Crippen molar-refractivity contribution in [2.75, 3.05) is 6.54 Å². The number of carbonyl (C=O) groups is 3. The van der Waals surface area contributed by atoms with Gasteiger partial charge in [0.05, 0.1) is 6.04 Å². The van der Waals surface area contributed by atoms with Gasteiger partial charge < -0.3 is 10.6 Å². The maximum Gasteiger partial charge on any atom is 0.325 e. The van der Waals surface area contributed by atoms with Gasteiger partial charge in [0.15, 0.2) is 0 Å². The van der Waals surface area contributed by atoms with Gasteiger partial charge in [0.25, 0.3) is 5.91 Å². The van der Waals surface area contributed by atoms with Crippen molar-refractivity contribution in [2.24, 2.45) is 0 Å². The molecule has 6 nitrogen and oxygen atoms in total. The highest BCUT2D eigenvalue weighted by Gasteiger charge is 2.49. The highest BCUT2D eigenvalue weighted by Crippen LogP contribution is 2.29. The maximum absolute atomic E-state index is 13.4. The van der Waals surface area contributed by atoms with Crippen LogP contribution < -0.4 is 10.6 Å². The Morgan fingerprint density at radius 1 is 1.10 bits per heavy atom. The molecule has 158 valence electrons. The van der Waals surface area contributed by atoms with Crippen LogP contribution in [0.2, 0.25) is 0 Å². The number of urea groups is 1. The van der Waals surface area contributed by atoms with Gasteiger partial charge in [0.2, 0.25) is 5.91 Å². The number of benzene rings is 2. The van der Waals surface area contributed by atoms with Crippen molar-refractivity contribution in [3.05, 3.63) is 93.9 Å². The SMILES string of the molecule is CC1(c2ccccc2)NC(=O)N(CC(=O)NC(c2ccc(F)cc2)c2cccs2)C1=O. The molecule has 1 aliphatic rings. The molecule has 1 aromatic heterocycles. The van der Waals surface area contributed by atoms with Crippen LogP contribution in [0.25, 0.3) is 0 Å². The Hall–Kier alpha value is -3.52. The van der Waals surface area contributed by atoms with Crippen molar-refractivity contribution in [2.45, 2.75) is 18.5 Å². The number of hydrogen-bond donors (Lipinski definition) is 2. The van der Waals surface area contributed by atoms with Crippen LogP contribution >= 0.6 is 11.3 Å². The average Bonchev–Trinajstić information content (AvgIpc) is 3.37. The van der Waals surface area contributed by atoms with Gasteiger partial charge in [-0.2, -0.15) is 0 Å². The van der Waals surface area contributed by atoms with E-state index in [0.29, 0.717) is 11.1 Å². The zero-order valence-electron chi connectivity index (χ0n) is 16.7. The number of hydrogen-bond acceptors (Lipinski definition) is 4. The largest absolute Gasteiger partial charge is 0.343 e. The lowest BCUT2D eigenvalue weighted by Gasteiger charge is -2.23. The van der Waals surface area contributed by atoms with Gasteiger partial charge >= 0.3 is 6.03 Å². The molecule has 0 radical (unpaired) electrons. The second-order valence-electron chi connectivity index (χ2n) is 7.38. The van der Waals surface area contributed by atoms with E-state index in [-0.39, 0.29) is 5.82 Å². The fourth-order valence-corrected chi connectivity index (χ4v) is 4.39. The van der Waals surface area contributed by atoms with E-state index in [1.54, 1.807) is 43.3 Å². The quantitative estimate of drug-likeness (QED) is 0.579. The molecule has 3 aromatic rings. The minimum atomic E-state index is -1.23. The number of carbonyl (C=O) groups excluding carboxylic acids is 3. The molecule has 0 saturated carbocycles. The van der Waals surface area contributed by atoms with Gasteiger partial charge in [-0.1, -0.05) is 48.5 Å². The summed E-state index contributed by atoms with van der Waals surface area (Å²) < 4.78 is 13.4. The van der Waals surface area contributed by atoms with Crippen molar-refractivity contribution in [3.8, 4) is 0 Å². The molecule has 4 rings (SSSR count). The van der Waals surface area contributed by atoms with Crippen molar-refractivity contribution < 1.29 is 18.8 Å². The molecule has 2 heterocycles.